The van der Waals surface area contributed by atoms with Gasteiger partial charge in [-0.3, -0.25) is 14.8 Å². The molecule has 9 heteroatoms. The monoisotopic (exact) mass is 477 g/mol. The number of amides is 2. The van der Waals surface area contributed by atoms with Gasteiger partial charge in [-0.2, -0.15) is 0 Å². The third kappa shape index (κ3) is 4.27. The second-order valence-electron chi connectivity index (χ2n) is 9.38. The van der Waals surface area contributed by atoms with Crippen molar-refractivity contribution < 1.29 is 19.5 Å². The van der Waals surface area contributed by atoms with Crippen molar-refractivity contribution >= 4 is 28.4 Å². The maximum Gasteiger partial charge on any atom is 0.246 e. The number of ether oxygens (including phenoxy) is 1. The zero-order valence-electron chi connectivity index (χ0n) is 19.8. The van der Waals surface area contributed by atoms with Crippen molar-refractivity contribution in [2.75, 3.05) is 24.9 Å². The van der Waals surface area contributed by atoms with E-state index in [-0.39, 0.29) is 35.4 Å². The summed E-state index contributed by atoms with van der Waals surface area (Å²) in [6.07, 6.45) is 1.22. The van der Waals surface area contributed by atoms with Gasteiger partial charge < -0.3 is 30.0 Å². The molecule has 2 aliphatic rings. The molecule has 2 N–H and O–H groups in total. The zero-order valence-corrected chi connectivity index (χ0v) is 19.8. The number of hydrogen-bond donors (Lipinski definition) is 2. The summed E-state index contributed by atoms with van der Waals surface area (Å²) >= 11 is 0. The summed E-state index contributed by atoms with van der Waals surface area (Å²) in [7, 11) is 0. The summed E-state index contributed by atoms with van der Waals surface area (Å²) in [5, 5.41) is 21.4. The lowest BCUT2D eigenvalue weighted by atomic mass is 9.86. The van der Waals surface area contributed by atoms with E-state index in [0.29, 0.717) is 26.0 Å². The van der Waals surface area contributed by atoms with Gasteiger partial charge in [-0.25, -0.2) is 0 Å². The van der Waals surface area contributed by atoms with Crippen LogP contribution in [0.2, 0.25) is 0 Å². The average molecular weight is 478 g/mol. The first-order valence-corrected chi connectivity index (χ1v) is 11.9. The number of hydrogen-bond acceptors (Lipinski definition) is 6. The van der Waals surface area contributed by atoms with E-state index in [1.807, 2.05) is 38.1 Å². The zero-order chi connectivity index (χ0) is 24.7. The predicted octanol–water partition coefficient (Wildman–Crippen LogP) is 3.36. The van der Waals surface area contributed by atoms with Crippen LogP contribution in [-0.4, -0.2) is 63.6 Å². The number of anilines is 1. The van der Waals surface area contributed by atoms with Gasteiger partial charge in [0, 0.05) is 36.2 Å². The van der Waals surface area contributed by atoms with Gasteiger partial charge in [-0.05, 0) is 49.6 Å². The van der Waals surface area contributed by atoms with Crippen LogP contribution < -0.4 is 5.23 Å². The fourth-order valence-corrected chi connectivity index (χ4v) is 5.22. The average Bonchev–Trinajstić information content (AvgIpc) is 3.21. The third-order valence-electron chi connectivity index (χ3n) is 6.80. The van der Waals surface area contributed by atoms with Gasteiger partial charge in [-0.15, -0.1) is 0 Å². The molecule has 5 rings (SSSR count). The molecule has 3 aromatic rings. The summed E-state index contributed by atoms with van der Waals surface area (Å²) in [4.78, 5) is 33.9. The minimum atomic E-state index is -0.618. The maximum atomic E-state index is 13.6. The van der Waals surface area contributed by atoms with Crippen LogP contribution in [0.25, 0.3) is 10.9 Å². The van der Waals surface area contributed by atoms with Crippen LogP contribution in [0.15, 0.2) is 48.5 Å². The van der Waals surface area contributed by atoms with Gasteiger partial charge in [0.05, 0.1) is 24.4 Å². The van der Waals surface area contributed by atoms with Gasteiger partial charge in [0.25, 0.3) is 0 Å². The molecule has 0 radical (unpaired) electrons. The number of aromatic nitrogens is 1. The predicted molar refractivity (Wildman–Crippen MR) is 131 cm³/mol. The van der Waals surface area contributed by atoms with Crippen LogP contribution >= 0.6 is 0 Å². The maximum absolute atomic E-state index is 13.6. The van der Waals surface area contributed by atoms with Crippen LogP contribution in [0.3, 0.4) is 0 Å². The first kappa shape index (κ1) is 23.3. The number of benzene rings is 2. The molecule has 0 saturated carbocycles. The number of aromatic amines is 1. The lowest BCUT2D eigenvalue weighted by molar-refractivity contribution is -0.158. The summed E-state index contributed by atoms with van der Waals surface area (Å²) in [6.45, 7) is 4.96. The summed E-state index contributed by atoms with van der Waals surface area (Å²) in [6, 6.07) is 13.2. The fraction of sp³-hybridized carbons (Fsp3) is 0.385. The number of rotatable bonds is 7. The molecule has 35 heavy (non-hydrogen) atoms. The van der Waals surface area contributed by atoms with Crippen molar-refractivity contribution in [1.82, 2.24) is 14.8 Å². The van der Waals surface area contributed by atoms with Crippen molar-refractivity contribution in [1.29, 1.82) is 0 Å². The van der Waals surface area contributed by atoms with E-state index < -0.39 is 12.1 Å². The topological polar surface area (TPSA) is 112 Å². The Hall–Kier alpha value is -3.40. The molecule has 184 valence electrons. The van der Waals surface area contributed by atoms with Crippen LogP contribution in [0.4, 0.5) is 5.69 Å². The first-order chi connectivity index (χ1) is 16.8. The normalized spacial score (nSPS) is 19.9. The summed E-state index contributed by atoms with van der Waals surface area (Å²) < 4.78 is 5.61. The number of para-hydroxylation sites is 1. The Bertz CT molecular complexity index is 1240. The van der Waals surface area contributed by atoms with E-state index in [1.165, 1.54) is 12.1 Å². The highest BCUT2D eigenvalue weighted by molar-refractivity contribution is 5.97. The Morgan fingerprint density at radius 1 is 1.17 bits per heavy atom. The molecule has 2 aromatic carbocycles. The molecule has 2 aliphatic heterocycles. The second kappa shape index (κ2) is 9.33. The molecule has 2 amide bonds. The standard InChI is InChI=1S/C26H29N4O5/c1-16(2)35-13-5-12-28-15-23(31)29-22(26(28)32)14-20-19-6-3-4-7-21(19)27-24(20)25(29)17-8-10-18(11-9-17)30(33)34/h3-4,6-11,16,22,25,27,33H,5,12-15H2,1-2H3/q-1. The number of nitrogens with zero attached hydrogens (tertiary/aromatic N) is 3. The summed E-state index contributed by atoms with van der Waals surface area (Å²) in [5.74, 6) is -0.182. The molecule has 0 aliphatic carbocycles. The molecule has 1 fully saturated rings. The quantitative estimate of drug-likeness (QED) is 0.399. The van der Waals surface area contributed by atoms with E-state index in [0.717, 1.165) is 27.7 Å². The van der Waals surface area contributed by atoms with E-state index in [2.05, 4.69) is 4.98 Å². The number of carbonyl (C=O) groups excluding carboxylic acids is 2. The van der Waals surface area contributed by atoms with Gasteiger partial charge in [0.15, 0.2) is 0 Å². The Kier molecular flexibility index (Phi) is 6.22. The summed E-state index contributed by atoms with van der Waals surface area (Å²) in [5.41, 5.74) is 3.69. The highest BCUT2D eigenvalue weighted by Crippen LogP contribution is 2.42. The van der Waals surface area contributed by atoms with Gasteiger partial charge in [0.2, 0.25) is 11.8 Å². The smallest absolute Gasteiger partial charge is 0.246 e. The largest absolute Gasteiger partial charge is 0.733 e. The Morgan fingerprint density at radius 2 is 1.91 bits per heavy atom. The van der Waals surface area contributed by atoms with Crippen LogP contribution in [0.5, 0.6) is 0 Å². The van der Waals surface area contributed by atoms with Crippen molar-refractivity contribution in [3.05, 3.63) is 70.6 Å². The molecule has 2 atom stereocenters. The van der Waals surface area contributed by atoms with Gasteiger partial charge in [-0.1, -0.05) is 30.3 Å². The van der Waals surface area contributed by atoms with Gasteiger partial charge >= 0.3 is 0 Å². The lowest BCUT2D eigenvalue weighted by Gasteiger charge is -2.47. The van der Waals surface area contributed by atoms with Crippen molar-refractivity contribution in [2.24, 2.45) is 0 Å². The molecule has 2 unspecified atom stereocenters. The van der Waals surface area contributed by atoms with Crippen LogP contribution in [0.1, 0.15) is 43.1 Å². The molecular weight excluding hydrogens is 448 g/mol. The molecule has 3 heterocycles. The second-order valence-corrected chi connectivity index (χ2v) is 9.38. The SMILES string of the molecule is CC(C)OCCCN1CC(=O)N2C(Cc3c([nH]c4ccccc34)C2c2ccc(N([O-])O)cc2)C1=O. The van der Waals surface area contributed by atoms with Crippen molar-refractivity contribution in [2.45, 2.75) is 44.9 Å². The lowest BCUT2D eigenvalue weighted by Crippen LogP contribution is -2.63. The number of carbonyl (C=O) groups is 2. The number of piperazine rings is 1. The Labute approximate surface area is 203 Å². The molecule has 0 spiro atoms. The minimum absolute atomic E-state index is 0.0200. The molecular formula is C26H29N4O5-. The minimum Gasteiger partial charge on any atom is -0.733 e. The number of H-pyrrole nitrogens is 1. The first-order valence-electron chi connectivity index (χ1n) is 11.9. The van der Waals surface area contributed by atoms with E-state index in [1.54, 1.807) is 21.9 Å². The highest BCUT2D eigenvalue weighted by Gasteiger charge is 2.48. The third-order valence-corrected chi connectivity index (χ3v) is 6.80. The van der Waals surface area contributed by atoms with E-state index >= 15 is 0 Å². The van der Waals surface area contributed by atoms with Crippen molar-refractivity contribution in [3.8, 4) is 0 Å². The Morgan fingerprint density at radius 3 is 2.63 bits per heavy atom. The molecule has 0 bridgehead atoms. The van der Waals surface area contributed by atoms with Crippen molar-refractivity contribution in [3.63, 3.8) is 0 Å². The van der Waals surface area contributed by atoms with E-state index in [9.17, 15) is 20.0 Å². The number of nitrogens with one attached hydrogen (secondary N) is 1. The Balaban J connectivity index is 1.52. The van der Waals surface area contributed by atoms with Crippen LogP contribution in [0, 0.1) is 5.21 Å². The molecule has 1 saturated heterocycles. The highest BCUT2D eigenvalue weighted by atomic mass is 16.8. The van der Waals surface area contributed by atoms with Gasteiger partial charge in [0.1, 0.15) is 6.04 Å². The fourth-order valence-electron chi connectivity index (χ4n) is 5.22. The molecule has 9 nitrogen and oxygen atoms in total. The van der Waals surface area contributed by atoms with Crippen LogP contribution in [-0.2, 0) is 20.7 Å². The van der Waals surface area contributed by atoms with E-state index in [4.69, 9.17) is 4.74 Å². The number of fused-ring (bicyclic) bond motifs is 4. The molecule has 1 aromatic heterocycles.